The maximum atomic E-state index is 5.55. The number of hydrogen-bond donors (Lipinski definition) is 2. The number of tetrazole rings is 1. The summed E-state index contributed by atoms with van der Waals surface area (Å²) >= 11 is 0. The zero-order valence-electron chi connectivity index (χ0n) is 11.1. The first-order chi connectivity index (χ1) is 10.4. The second-order valence-electron chi connectivity index (χ2n) is 4.16. The lowest BCUT2D eigenvalue weighted by Crippen LogP contribution is -2.04. The van der Waals surface area contributed by atoms with E-state index in [9.17, 15) is 0 Å². The minimum absolute atomic E-state index is 0.242. The normalized spacial score (nSPS) is 10.1. The first-order valence-corrected chi connectivity index (χ1v) is 6.33. The van der Waals surface area contributed by atoms with E-state index >= 15 is 0 Å². The fraction of sp³-hybridized carbons (Fsp3) is 0.0714. The van der Waals surface area contributed by atoms with Gasteiger partial charge in [-0.2, -0.15) is 5.21 Å². The summed E-state index contributed by atoms with van der Waals surface area (Å²) in [5, 5.41) is 13.5. The van der Waals surface area contributed by atoms with Crippen molar-refractivity contribution in [3.8, 4) is 11.5 Å². The van der Waals surface area contributed by atoms with Gasteiger partial charge in [-0.1, -0.05) is 29.5 Å². The minimum Gasteiger partial charge on any atom is -0.485 e. The number of benzene rings is 2. The van der Waals surface area contributed by atoms with Crippen LogP contribution in [0.5, 0.6) is 11.5 Å². The molecule has 0 saturated carbocycles. The van der Waals surface area contributed by atoms with Gasteiger partial charge in [-0.25, -0.2) is 5.48 Å². The topological polar surface area (TPSA) is 85.0 Å². The standard InChI is InChI=1S/C14H13N5O2/c1-2-5-11(6-3-1)17-21-13-8-4-7-12(9-13)20-10-14-15-18-19-16-14/h1-9,17H,10H2,(H,15,16,18,19). The van der Waals surface area contributed by atoms with Gasteiger partial charge in [0.05, 0.1) is 5.69 Å². The number of nitrogens with one attached hydrogen (secondary N) is 2. The van der Waals surface area contributed by atoms with Crippen molar-refractivity contribution < 1.29 is 9.57 Å². The van der Waals surface area contributed by atoms with Crippen LogP contribution in [0.3, 0.4) is 0 Å². The second kappa shape index (κ2) is 6.38. The van der Waals surface area contributed by atoms with Crippen molar-refractivity contribution in [3.63, 3.8) is 0 Å². The molecule has 0 aliphatic carbocycles. The molecular weight excluding hydrogens is 270 g/mol. The summed E-state index contributed by atoms with van der Waals surface area (Å²) in [5.74, 6) is 1.79. The van der Waals surface area contributed by atoms with E-state index in [-0.39, 0.29) is 6.61 Å². The van der Waals surface area contributed by atoms with E-state index < -0.39 is 0 Å². The lowest BCUT2D eigenvalue weighted by molar-refractivity contribution is 0.293. The molecule has 21 heavy (non-hydrogen) atoms. The van der Waals surface area contributed by atoms with Gasteiger partial charge in [-0.15, -0.1) is 10.2 Å². The van der Waals surface area contributed by atoms with Crippen LogP contribution >= 0.6 is 0 Å². The third kappa shape index (κ3) is 3.69. The summed E-state index contributed by atoms with van der Waals surface area (Å²) in [7, 11) is 0. The first kappa shape index (κ1) is 12.9. The first-order valence-electron chi connectivity index (χ1n) is 6.33. The molecule has 1 heterocycles. The van der Waals surface area contributed by atoms with Crippen molar-refractivity contribution in [2.75, 3.05) is 5.48 Å². The molecule has 3 rings (SSSR count). The highest BCUT2D eigenvalue weighted by Gasteiger charge is 2.02. The summed E-state index contributed by atoms with van der Waals surface area (Å²) in [6, 6.07) is 16.9. The quantitative estimate of drug-likeness (QED) is 0.674. The third-order valence-corrected chi connectivity index (χ3v) is 2.62. The highest BCUT2D eigenvalue weighted by atomic mass is 16.6. The van der Waals surface area contributed by atoms with Gasteiger partial charge in [0.15, 0.2) is 12.4 Å². The molecule has 0 bridgehead atoms. The zero-order valence-corrected chi connectivity index (χ0v) is 11.1. The number of hydrogen-bond acceptors (Lipinski definition) is 6. The van der Waals surface area contributed by atoms with Crippen LogP contribution in [0.15, 0.2) is 54.6 Å². The molecule has 0 aliphatic rings. The van der Waals surface area contributed by atoms with Crippen LogP contribution in [0.2, 0.25) is 0 Å². The number of rotatable bonds is 6. The Balaban J connectivity index is 1.58. The summed E-state index contributed by atoms with van der Waals surface area (Å²) in [6.07, 6.45) is 0. The van der Waals surface area contributed by atoms with Crippen LogP contribution in [0, 0.1) is 0 Å². The van der Waals surface area contributed by atoms with E-state index in [1.54, 1.807) is 6.07 Å². The van der Waals surface area contributed by atoms with Gasteiger partial charge in [0, 0.05) is 6.07 Å². The van der Waals surface area contributed by atoms with Crippen molar-refractivity contribution in [2.45, 2.75) is 6.61 Å². The molecule has 3 aromatic rings. The Morgan fingerprint density at radius 2 is 1.86 bits per heavy atom. The molecule has 7 nitrogen and oxygen atoms in total. The molecule has 2 aromatic carbocycles. The van der Waals surface area contributed by atoms with Crippen molar-refractivity contribution in [1.82, 2.24) is 20.6 Å². The Morgan fingerprint density at radius 1 is 1.00 bits per heavy atom. The molecule has 106 valence electrons. The number of ether oxygens (including phenoxy) is 1. The van der Waals surface area contributed by atoms with Crippen molar-refractivity contribution in [1.29, 1.82) is 0 Å². The number of aromatic nitrogens is 4. The minimum atomic E-state index is 0.242. The van der Waals surface area contributed by atoms with E-state index in [2.05, 4.69) is 26.1 Å². The fourth-order valence-electron chi connectivity index (χ4n) is 1.64. The van der Waals surface area contributed by atoms with Gasteiger partial charge >= 0.3 is 0 Å². The van der Waals surface area contributed by atoms with E-state index in [1.807, 2.05) is 48.5 Å². The van der Waals surface area contributed by atoms with Crippen molar-refractivity contribution in [3.05, 3.63) is 60.4 Å². The molecule has 0 atom stereocenters. The van der Waals surface area contributed by atoms with Crippen molar-refractivity contribution >= 4 is 5.69 Å². The number of anilines is 1. The molecule has 0 saturated heterocycles. The predicted octanol–water partition coefficient (Wildman–Crippen LogP) is 2.18. The molecule has 7 heteroatoms. The molecular formula is C14H13N5O2. The average Bonchev–Trinajstić information content (AvgIpc) is 3.06. The molecule has 2 N–H and O–H groups in total. The largest absolute Gasteiger partial charge is 0.485 e. The predicted molar refractivity (Wildman–Crippen MR) is 75.6 cm³/mol. The van der Waals surface area contributed by atoms with Crippen LogP contribution in [0.1, 0.15) is 5.82 Å². The maximum Gasteiger partial charge on any atom is 0.211 e. The Bertz CT molecular complexity index is 673. The Hall–Kier alpha value is -3.09. The van der Waals surface area contributed by atoms with Crippen LogP contribution in [-0.4, -0.2) is 20.6 Å². The van der Waals surface area contributed by atoms with Crippen LogP contribution in [0.4, 0.5) is 5.69 Å². The Kier molecular flexibility index (Phi) is 3.92. The Morgan fingerprint density at radius 3 is 2.67 bits per heavy atom. The number of H-pyrrole nitrogens is 1. The number of aromatic amines is 1. The smallest absolute Gasteiger partial charge is 0.211 e. The van der Waals surface area contributed by atoms with Gasteiger partial charge in [0.2, 0.25) is 5.82 Å². The second-order valence-corrected chi connectivity index (χ2v) is 4.16. The highest BCUT2D eigenvalue weighted by molar-refractivity contribution is 5.42. The number of para-hydroxylation sites is 1. The lowest BCUT2D eigenvalue weighted by atomic mass is 10.3. The molecule has 0 fully saturated rings. The molecule has 1 aromatic heterocycles. The summed E-state index contributed by atoms with van der Waals surface area (Å²) in [4.78, 5) is 5.49. The third-order valence-electron chi connectivity index (χ3n) is 2.62. The van der Waals surface area contributed by atoms with Crippen LogP contribution in [-0.2, 0) is 6.61 Å². The van der Waals surface area contributed by atoms with Gasteiger partial charge in [0.1, 0.15) is 5.75 Å². The van der Waals surface area contributed by atoms with E-state index in [0.717, 1.165) is 5.69 Å². The monoisotopic (exact) mass is 283 g/mol. The van der Waals surface area contributed by atoms with Gasteiger partial charge < -0.3 is 9.57 Å². The molecule has 0 amide bonds. The summed E-state index contributed by atoms with van der Waals surface area (Å²) in [5.41, 5.74) is 3.73. The van der Waals surface area contributed by atoms with Gasteiger partial charge in [-0.3, -0.25) is 0 Å². The zero-order chi connectivity index (χ0) is 14.3. The fourth-order valence-corrected chi connectivity index (χ4v) is 1.64. The van der Waals surface area contributed by atoms with E-state index in [0.29, 0.717) is 17.3 Å². The summed E-state index contributed by atoms with van der Waals surface area (Å²) in [6.45, 7) is 0.242. The molecule has 0 unspecified atom stereocenters. The average molecular weight is 283 g/mol. The lowest BCUT2D eigenvalue weighted by Gasteiger charge is -2.09. The van der Waals surface area contributed by atoms with Crippen LogP contribution in [0.25, 0.3) is 0 Å². The molecule has 0 radical (unpaired) electrons. The van der Waals surface area contributed by atoms with Crippen molar-refractivity contribution in [2.24, 2.45) is 0 Å². The molecule has 0 aliphatic heterocycles. The van der Waals surface area contributed by atoms with E-state index in [4.69, 9.17) is 9.57 Å². The van der Waals surface area contributed by atoms with Crippen LogP contribution < -0.4 is 15.1 Å². The SMILES string of the molecule is c1ccc(NOc2cccc(OCc3nn[nH]n3)c2)cc1. The van der Waals surface area contributed by atoms with Gasteiger partial charge in [-0.05, 0) is 24.3 Å². The van der Waals surface area contributed by atoms with E-state index in [1.165, 1.54) is 0 Å². The highest BCUT2D eigenvalue weighted by Crippen LogP contribution is 2.20. The Labute approximate surface area is 120 Å². The van der Waals surface area contributed by atoms with Gasteiger partial charge in [0.25, 0.3) is 0 Å². The summed E-state index contributed by atoms with van der Waals surface area (Å²) < 4.78 is 5.55. The number of nitrogens with zero attached hydrogens (tertiary/aromatic N) is 3. The maximum absolute atomic E-state index is 5.55. The molecule has 0 spiro atoms.